The Balaban J connectivity index is 1.94. The Morgan fingerprint density at radius 3 is 2.85 bits per heavy atom. The molecule has 6 heteroatoms. The first-order valence-corrected chi connectivity index (χ1v) is 9.63. The molecule has 1 unspecified atom stereocenters. The normalized spacial score (nSPS) is 21.0. The Labute approximate surface area is 125 Å². The number of rotatable bonds is 4. The topological polar surface area (TPSA) is 63.4 Å². The van der Waals surface area contributed by atoms with Crippen LogP contribution in [0.3, 0.4) is 0 Å². The van der Waals surface area contributed by atoms with Gasteiger partial charge in [-0.2, -0.15) is 0 Å². The highest BCUT2D eigenvalue weighted by Gasteiger charge is 2.25. The molecule has 1 aliphatic rings. The summed E-state index contributed by atoms with van der Waals surface area (Å²) in [5.41, 5.74) is 7.72. The Kier molecular flexibility index (Phi) is 4.99. The van der Waals surface area contributed by atoms with Gasteiger partial charge in [0.15, 0.2) is 0 Å². The van der Waals surface area contributed by atoms with Gasteiger partial charge in [-0.25, -0.2) is 12.7 Å². The molecule has 0 aliphatic carbocycles. The number of sulfonamides is 1. The molecule has 0 amide bonds. The van der Waals surface area contributed by atoms with Gasteiger partial charge >= 0.3 is 0 Å². The quantitative estimate of drug-likeness (QED) is 0.684. The Hall–Kier alpha value is -0.720. The fourth-order valence-electron chi connectivity index (χ4n) is 2.51. The Morgan fingerprint density at radius 1 is 1.45 bits per heavy atom. The molecule has 20 heavy (non-hydrogen) atoms. The minimum atomic E-state index is -3.05. The smallest absolute Gasteiger partial charge is 0.211 e. The molecule has 0 bridgehead atoms. The van der Waals surface area contributed by atoms with Crippen molar-refractivity contribution in [3.8, 4) is 0 Å². The number of hydrogen-bond acceptors (Lipinski definition) is 4. The maximum Gasteiger partial charge on any atom is 0.211 e. The van der Waals surface area contributed by atoms with Gasteiger partial charge in [-0.05, 0) is 49.4 Å². The van der Waals surface area contributed by atoms with Crippen LogP contribution >= 0.6 is 11.8 Å². The van der Waals surface area contributed by atoms with Gasteiger partial charge in [-0.3, -0.25) is 0 Å². The lowest BCUT2D eigenvalue weighted by atomic mass is 10.0. The summed E-state index contributed by atoms with van der Waals surface area (Å²) >= 11 is 1.80. The van der Waals surface area contributed by atoms with E-state index in [1.54, 1.807) is 16.1 Å². The Bertz CT molecular complexity index is 573. The fourth-order valence-corrected chi connectivity index (χ4v) is 4.59. The van der Waals surface area contributed by atoms with E-state index in [4.69, 9.17) is 5.73 Å². The third-order valence-corrected chi connectivity index (χ3v) is 6.30. The van der Waals surface area contributed by atoms with Gasteiger partial charge in [-0.1, -0.05) is 0 Å². The van der Waals surface area contributed by atoms with Crippen molar-refractivity contribution in [1.82, 2.24) is 4.31 Å². The number of nitrogen functional groups attached to an aromatic ring is 1. The van der Waals surface area contributed by atoms with Crippen molar-refractivity contribution in [1.29, 1.82) is 0 Å². The lowest BCUT2D eigenvalue weighted by molar-refractivity contribution is 0.286. The van der Waals surface area contributed by atoms with Crippen LogP contribution in [-0.4, -0.2) is 37.8 Å². The van der Waals surface area contributed by atoms with Crippen molar-refractivity contribution in [3.63, 3.8) is 0 Å². The van der Waals surface area contributed by atoms with Gasteiger partial charge in [-0.15, -0.1) is 11.8 Å². The van der Waals surface area contributed by atoms with Crippen molar-refractivity contribution in [2.24, 2.45) is 5.92 Å². The van der Waals surface area contributed by atoms with Crippen molar-refractivity contribution in [2.45, 2.75) is 24.7 Å². The molecule has 0 radical (unpaired) electrons. The number of nitrogens with zero attached hydrogens (tertiary/aromatic N) is 1. The molecule has 0 saturated carbocycles. The summed E-state index contributed by atoms with van der Waals surface area (Å²) in [4.78, 5) is 1.23. The van der Waals surface area contributed by atoms with Crippen LogP contribution in [0, 0.1) is 12.8 Å². The van der Waals surface area contributed by atoms with Crippen LogP contribution in [0.5, 0.6) is 0 Å². The van der Waals surface area contributed by atoms with Crippen LogP contribution in [0.1, 0.15) is 18.4 Å². The first kappa shape index (κ1) is 15.7. The lowest BCUT2D eigenvalue weighted by Crippen LogP contribution is -2.39. The van der Waals surface area contributed by atoms with Crippen molar-refractivity contribution < 1.29 is 8.42 Å². The highest BCUT2D eigenvalue weighted by atomic mass is 32.2. The number of nitrogens with two attached hydrogens (primary N) is 1. The van der Waals surface area contributed by atoms with Crippen LogP contribution in [-0.2, 0) is 10.0 Å². The van der Waals surface area contributed by atoms with Crippen LogP contribution in [0.25, 0.3) is 0 Å². The molecule has 1 aliphatic heterocycles. The van der Waals surface area contributed by atoms with Gasteiger partial charge in [0.2, 0.25) is 10.0 Å². The minimum absolute atomic E-state index is 0.431. The van der Waals surface area contributed by atoms with E-state index in [0.717, 1.165) is 24.3 Å². The van der Waals surface area contributed by atoms with E-state index in [1.807, 2.05) is 18.2 Å². The average Bonchev–Trinajstić information content (AvgIpc) is 2.37. The van der Waals surface area contributed by atoms with Gasteiger partial charge < -0.3 is 5.73 Å². The van der Waals surface area contributed by atoms with E-state index < -0.39 is 10.0 Å². The number of benzene rings is 1. The van der Waals surface area contributed by atoms with E-state index in [-0.39, 0.29) is 0 Å². The molecular weight excluding hydrogens is 292 g/mol. The summed E-state index contributed by atoms with van der Waals surface area (Å²) in [6.45, 7) is 3.38. The molecule has 1 aromatic carbocycles. The molecule has 0 spiro atoms. The lowest BCUT2D eigenvalue weighted by Gasteiger charge is -2.30. The van der Waals surface area contributed by atoms with E-state index in [2.05, 4.69) is 6.92 Å². The Morgan fingerprint density at radius 2 is 2.20 bits per heavy atom. The highest BCUT2D eigenvalue weighted by Crippen LogP contribution is 2.29. The van der Waals surface area contributed by atoms with E-state index in [1.165, 1.54) is 16.7 Å². The zero-order valence-electron chi connectivity index (χ0n) is 12.0. The predicted molar refractivity (Wildman–Crippen MR) is 85.5 cm³/mol. The second kappa shape index (κ2) is 6.37. The molecule has 1 atom stereocenters. The molecule has 2 N–H and O–H groups in total. The third-order valence-electron chi connectivity index (χ3n) is 3.62. The van der Waals surface area contributed by atoms with Crippen molar-refractivity contribution in [2.75, 3.05) is 30.8 Å². The summed E-state index contributed by atoms with van der Waals surface area (Å²) in [5, 5.41) is 0. The van der Waals surface area contributed by atoms with Crippen LogP contribution in [0.15, 0.2) is 23.1 Å². The first-order valence-electron chi connectivity index (χ1n) is 6.80. The number of piperidine rings is 1. The molecular formula is C14H22N2O2S2. The van der Waals surface area contributed by atoms with Crippen molar-refractivity contribution in [3.05, 3.63) is 23.8 Å². The van der Waals surface area contributed by atoms with E-state index in [0.29, 0.717) is 19.0 Å². The zero-order chi connectivity index (χ0) is 14.8. The number of anilines is 1. The number of thioether (sulfide) groups is 1. The minimum Gasteiger partial charge on any atom is -0.399 e. The second-order valence-electron chi connectivity index (χ2n) is 5.47. The largest absolute Gasteiger partial charge is 0.399 e. The summed E-state index contributed by atoms with van der Waals surface area (Å²) in [6.07, 6.45) is 3.36. The monoisotopic (exact) mass is 314 g/mol. The molecule has 1 saturated heterocycles. The maximum atomic E-state index is 11.6. The van der Waals surface area contributed by atoms with E-state index in [9.17, 15) is 8.42 Å². The first-order chi connectivity index (χ1) is 9.36. The van der Waals surface area contributed by atoms with Gasteiger partial charge in [0.25, 0.3) is 0 Å². The van der Waals surface area contributed by atoms with Crippen LogP contribution in [0.4, 0.5) is 5.69 Å². The number of aryl methyl sites for hydroxylation is 1. The van der Waals surface area contributed by atoms with Crippen LogP contribution in [0.2, 0.25) is 0 Å². The van der Waals surface area contributed by atoms with Gasteiger partial charge in [0, 0.05) is 29.4 Å². The number of hydrogen-bond donors (Lipinski definition) is 1. The molecule has 1 aromatic rings. The molecule has 1 fully saturated rings. The van der Waals surface area contributed by atoms with Crippen LogP contribution < -0.4 is 5.73 Å². The molecule has 1 heterocycles. The van der Waals surface area contributed by atoms with Gasteiger partial charge in [0.1, 0.15) is 0 Å². The maximum absolute atomic E-state index is 11.6. The second-order valence-corrected chi connectivity index (χ2v) is 8.51. The molecule has 2 rings (SSSR count). The van der Waals surface area contributed by atoms with Crippen molar-refractivity contribution >= 4 is 27.5 Å². The van der Waals surface area contributed by atoms with Gasteiger partial charge in [0.05, 0.1) is 6.26 Å². The summed E-state index contributed by atoms with van der Waals surface area (Å²) in [7, 11) is -3.05. The zero-order valence-corrected chi connectivity index (χ0v) is 13.6. The molecule has 4 nitrogen and oxygen atoms in total. The SMILES string of the molecule is Cc1cc(N)ccc1SCC1CCCN(S(C)(=O)=O)C1. The van der Waals surface area contributed by atoms with E-state index >= 15 is 0 Å². The standard InChI is InChI=1S/C14H22N2O2S2/c1-11-8-13(15)5-6-14(11)19-10-12-4-3-7-16(9-12)20(2,17)18/h5-6,8,12H,3-4,7,9-10,15H2,1-2H3. The highest BCUT2D eigenvalue weighted by molar-refractivity contribution is 7.99. The predicted octanol–water partition coefficient (Wildman–Crippen LogP) is 2.34. The summed E-state index contributed by atoms with van der Waals surface area (Å²) in [5.74, 6) is 1.39. The third kappa shape index (κ3) is 4.14. The average molecular weight is 314 g/mol. The summed E-state index contributed by atoms with van der Waals surface area (Å²) < 4.78 is 24.8. The molecule has 0 aromatic heterocycles. The summed E-state index contributed by atoms with van der Waals surface area (Å²) in [6, 6.07) is 5.94. The molecule has 112 valence electrons. The fraction of sp³-hybridized carbons (Fsp3) is 0.571.